The van der Waals surface area contributed by atoms with Crippen molar-refractivity contribution in [2.24, 2.45) is 0 Å². The summed E-state index contributed by atoms with van der Waals surface area (Å²) in [5, 5.41) is 4.26. The number of benzene rings is 2. The zero-order chi connectivity index (χ0) is 25.1. The Hall–Kier alpha value is -4.37. The molecule has 9 heteroatoms. The smallest absolute Gasteiger partial charge is 0.213 e. The molecule has 0 spiro atoms. The number of nitrogens with one attached hydrogen (secondary N) is 1. The first kappa shape index (κ1) is 23.4. The first-order valence-corrected chi connectivity index (χ1v) is 13.1. The van der Waals surface area contributed by atoms with E-state index in [4.69, 9.17) is 14.7 Å². The van der Waals surface area contributed by atoms with Crippen LogP contribution < -0.4 is 10.1 Å². The standard InChI is InChI=1S/C27H23N5O3S/c1-35-24-13-6-10-20(30-24)16-29-27-25-22(18-8-4-3-5-9-18)11-7-12-23(25)31-26(32-27)19-14-21(17-28-15-19)36(2,33)34/h3-15,17H,16H2,1-2H3,(H,29,31,32). The summed E-state index contributed by atoms with van der Waals surface area (Å²) >= 11 is 0. The second-order valence-corrected chi connectivity index (χ2v) is 10.2. The first-order chi connectivity index (χ1) is 17.4. The largest absolute Gasteiger partial charge is 0.481 e. The Morgan fingerprint density at radius 3 is 2.44 bits per heavy atom. The van der Waals surface area contributed by atoms with E-state index in [9.17, 15) is 8.42 Å². The molecule has 3 aromatic heterocycles. The molecule has 0 unspecified atom stereocenters. The molecule has 8 nitrogen and oxygen atoms in total. The number of rotatable bonds is 7. The molecule has 0 fully saturated rings. The van der Waals surface area contributed by atoms with Crippen molar-refractivity contribution in [1.29, 1.82) is 0 Å². The van der Waals surface area contributed by atoms with Crippen LogP contribution in [0.25, 0.3) is 33.4 Å². The van der Waals surface area contributed by atoms with Crippen LogP contribution in [0, 0.1) is 0 Å². The fourth-order valence-corrected chi connectivity index (χ4v) is 4.48. The quantitative estimate of drug-likeness (QED) is 0.342. The maximum absolute atomic E-state index is 12.1. The molecule has 5 rings (SSSR count). The average molecular weight is 498 g/mol. The summed E-state index contributed by atoms with van der Waals surface area (Å²) < 4.78 is 29.4. The molecule has 0 saturated carbocycles. The number of aromatic nitrogens is 4. The number of anilines is 1. The summed E-state index contributed by atoms with van der Waals surface area (Å²) in [5.74, 6) is 1.49. The lowest BCUT2D eigenvalue weighted by molar-refractivity contribution is 0.396. The molecule has 0 aliphatic heterocycles. The van der Waals surface area contributed by atoms with E-state index in [1.165, 1.54) is 12.3 Å². The van der Waals surface area contributed by atoms with Crippen LogP contribution in [-0.4, -0.2) is 41.7 Å². The molecular weight excluding hydrogens is 474 g/mol. The van der Waals surface area contributed by atoms with Gasteiger partial charge in [0.25, 0.3) is 0 Å². The predicted octanol–water partition coefficient (Wildman–Crippen LogP) is 4.78. The lowest BCUT2D eigenvalue weighted by Gasteiger charge is -2.15. The molecule has 0 radical (unpaired) electrons. The van der Waals surface area contributed by atoms with Crippen LogP contribution in [0.5, 0.6) is 5.88 Å². The monoisotopic (exact) mass is 497 g/mol. The maximum atomic E-state index is 12.1. The Morgan fingerprint density at radius 2 is 1.67 bits per heavy atom. The summed E-state index contributed by atoms with van der Waals surface area (Å²) in [6, 6.07) is 23.0. The van der Waals surface area contributed by atoms with Crippen molar-refractivity contribution < 1.29 is 13.2 Å². The number of methoxy groups -OCH3 is 1. The minimum atomic E-state index is -3.44. The second kappa shape index (κ2) is 9.71. The minimum absolute atomic E-state index is 0.108. The normalized spacial score (nSPS) is 11.4. The molecule has 5 aromatic rings. The number of ether oxygens (including phenoxy) is 1. The Kier molecular flexibility index (Phi) is 6.30. The Labute approximate surface area is 209 Å². The van der Waals surface area contributed by atoms with Crippen molar-refractivity contribution in [3.05, 3.63) is 90.9 Å². The summed E-state index contributed by atoms with van der Waals surface area (Å²) in [7, 11) is -1.86. The van der Waals surface area contributed by atoms with Gasteiger partial charge >= 0.3 is 0 Å². The van der Waals surface area contributed by atoms with Gasteiger partial charge in [0, 0.05) is 30.3 Å². The van der Waals surface area contributed by atoms with Gasteiger partial charge in [-0.25, -0.2) is 23.4 Å². The number of pyridine rings is 2. The van der Waals surface area contributed by atoms with E-state index in [-0.39, 0.29) is 4.90 Å². The molecule has 0 aliphatic rings. The van der Waals surface area contributed by atoms with E-state index in [1.807, 2.05) is 60.7 Å². The molecule has 0 atom stereocenters. The maximum Gasteiger partial charge on any atom is 0.213 e. The Bertz CT molecular complexity index is 1660. The molecule has 0 amide bonds. The molecule has 0 bridgehead atoms. The number of nitrogens with zero attached hydrogens (tertiary/aromatic N) is 4. The Balaban J connectivity index is 1.67. The highest BCUT2D eigenvalue weighted by atomic mass is 32.2. The number of fused-ring (bicyclic) bond motifs is 1. The molecule has 0 saturated heterocycles. The van der Waals surface area contributed by atoms with Gasteiger partial charge in [-0.3, -0.25) is 4.98 Å². The predicted molar refractivity (Wildman–Crippen MR) is 139 cm³/mol. The van der Waals surface area contributed by atoms with Crippen molar-refractivity contribution in [1.82, 2.24) is 19.9 Å². The van der Waals surface area contributed by atoms with Crippen LogP contribution in [0.4, 0.5) is 5.82 Å². The van der Waals surface area contributed by atoms with Gasteiger partial charge in [-0.2, -0.15) is 0 Å². The fourth-order valence-electron chi connectivity index (χ4n) is 3.89. The summed E-state index contributed by atoms with van der Waals surface area (Å²) in [4.78, 5) is 18.3. The van der Waals surface area contributed by atoms with Crippen LogP contribution >= 0.6 is 0 Å². The van der Waals surface area contributed by atoms with Gasteiger partial charge in [0.1, 0.15) is 5.82 Å². The highest BCUT2D eigenvalue weighted by Gasteiger charge is 2.16. The average Bonchev–Trinajstić information content (AvgIpc) is 2.91. The number of hydrogen-bond donors (Lipinski definition) is 1. The highest BCUT2D eigenvalue weighted by molar-refractivity contribution is 7.90. The zero-order valence-electron chi connectivity index (χ0n) is 19.7. The van der Waals surface area contributed by atoms with Crippen LogP contribution in [0.1, 0.15) is 5.69 Å². The lowest BCUT2D eigenvalue weighted by Crippen LogP contribution is -2.07. The Morgan fingerprint density at radius 1 is 0.861 bits per heavy atom. The van der Waals surface area contributed by atoms with E-state index in [1.54, 1.807) is 19.4 Å². The minimum Gasteiger partial charge on any atom is -0.481 e. The van der Waals surface area contributed by atoms with Crippen LogP contribution in [0.3, 0.4) is 0 Å². The van der Waals surface area contributed by atoms with Crippen molar-refractivity contribution in [3.8, 4) is 28.4 Å². The second-order valence-electron chi connectivity index (χ2n) is 8.17. The number of sulfone groups is 1. The fraction of sp³-hybridized carbons (Fsp3) is 0.111. The summed E-state index contributed by atoms with van der Waals surface area (Å²) in [6.45, 7) is 0.396. The van der Waals surface area contributed by atoms with Crippen LogP contribution in [0.2, 0.25) is 0 Å². The molecule has 36 heavy (non-hydrogen) atoms. The van der Waals surface area contributed by atoms with E-state index < -0.39 is 9.84 Å². The van der Waals surface area contributed by atoms with E-state index >= 15 is 0 Å². The van der Waals surface area contributed by atoms with Crippen molar-refractivity contribution >= 4 is 26.6 Å². The molecule has 1 N–H and O–H groups in total. The van der Waals surface area contributed by atoms with Gasteiger partial charge in [0.15, 0.2) is 15.7 Å². The van der Waals surface area contributed by atoms with Gasteiger partial charge in [-0.1, -0.05) is 48.5 Å². The van der Waals surface area contributed by atoms with E-state index in [0.29, 0.717) is 35.1 Å². The van der Waals surface area contributed by atoms with Crippen molar-refractivity contribution in [2.45, 2.75) is 11.4 Å². The first-order valence-electron chi connectivity index (χ1n) is 11.2. The van der Waals surface area contributed by atoms with Gasteiger partial charge < -0.3 is 10.1 Å². The van der Waals surface area contributed by atoms with E-state index in [2.05, 4.69) is 15.3 Å². The van der Waals surface area contributed by atoms with E-state index in [0.717, 1.165) is 28.5 Å². The molecular formula is C27H23N5O3S. The SMILES string of the molecule is COc1cccc(CNc2nc(-c3cncc(S(C)(=O)=O)c3)nc3cccc(-c4ccccc4)c23)n1. The van der Waals surface area contributed by atoms with Gasteiger partial charge in [-0.15, -0.1) is 0 Å². The third-order valence-corrected chi connectivity index (χ3v) is 6.71. The summed E-state index contributed by atoms with van der Waals surface area (Å²) in [6.07, 6.45) is 4.03. The van der Waals surface area contributed by atoms with Crippen LogP contribution in [0.15, 0.2) is 90.1 Å². The zero-order valence-corrected chi connectivity index (χ0v) is 20.5. The van der Waals surface area contributed by atoms with Gasteiger partial charge in [0.05, 0.1) is 35.1 Å². The molecule has 180 valence electrons. The third-order valence-electron chi connectivity index (χ3n) is 5.63. The van der Waals surface area contributed by atoms with Crippen molar-refractivity contribution in [3.63, 3.8) is 0 Å². The third kappa shape index (κ3) is 4.87. The van der Waals surface area contributed by atoms with Crippen LogP contribution in [-0.2, 0) is 16.4 Å². The topological polar surface area (TPSA) is 107 Å². The highest BCUT2D eigenvalue weighted by Crippen LogP contribution is 2.34. The van der Waals surface area contributed by atoms with Gasteiger partial charge in [-0.05, 0) is 29.3 Å². The molecule has 0 aliphatic carbocycles. The molecule has 3 heterocycles. The van der Waals surface area contributed by atoms with Gasteiger partial charge in [0.2, 0.25) is 5.88 Å². The number of hydrogen-bond acceptors (Lipinski definition) is 8. The molecule has 2 aromatic carbocycles. The van der Waals surface area contributed by atoms with Crippen molar-refractivity contribution in [2.75, 3.05) is 18.7 Å². The lowest BCUT2D eigenvalue weighted by atomic mass is 10.0. The summed E-state index contributed by atoms with van der Waals surface area (Å²) in [5.41, 5.74) is 4.01.